The maximum absolute atomic E-state index is 12.8. The van der Waals surface area contributed by atoms with Gasteiger partial charge < -0.3 is 19.3 Å². The predicted molar refractivity (Wildman–Crippen MR) is 141 cm³/mol. The van der Waals surface area contributed by atoms with E-state index >= 15 is 0 Å². The summed E-state index contributed by atoms with van der Waals surface area (Å²) < 4.78 is 15.1. The summed E-state index contributed by atoms with van der Waals surface area (Å²) in [4.78, 5) is 36.6. The molecule has 2 aromatic rings. The van der Waals surface area contributed by atoms with Crippen molar-refractivity contribution < 1.29 is 33.7 Å². The van der Waals surface area contributed by atoms with Crippen molar-refractivity contribution in [1.82, 2.24) is 0 Å². The monoisotopic (exact) mass is 680 g/mol. The minimum absolute atomic E-state index is 0.0107. The molecule has 0 amide bonds. The van der Waals surface area contributed by atoms with Crippen LogP contribution in [0.4, 0.5) is 0 Å². The van der Waals surface area contributed by atoms with Crippen molar-refractivity contribution in [1.29, 1.82) is 0 Å². The molecule has 2 atom stereocenters. The maximum Gasteiger partial charge on any atom is 0.330 e. The molecule has 0 heterocycles. The van der Waals surface area contributed by atoms with E-state index < -0.39 is 12.8 Å². The van der Waals surface area contributed by atoms with E-state index in [-0.39, 0.29) is 35.4 Å². The number of Topliss-reactive ketones (excluding diaryl/α,β-unsaturated/α-hetero) is 1. The van der Waals surface area contributed by atoms with Crippen molar-refractivity contribution in [2.45, 2.75) is 47.4 Å². The zero-order chi connectivity index (χ0) is 24.8. The number of rotatable bonds is 10. The van der Waals surface area contributed by atoms with Crippen LogP contribution in [0.5, 0.6) is 23.0 Å². The number of alkyl halides is 2. The highest BCUT2D eigenvalue weighted by molar-refractivity contribution is 14.1. The van der Waals surface area contributed by atoms with E-state index in [1.54, 1.807) is 31.2 Å². The Morgan fingerprint density at radius 1 is 0.909 bits per heavy atom. The molecule has 0 saturated heterocycles. The molecule has 0 aromatic heterocycles. The standard InChI is InChI=1S/C24H26I2O7/c1-5-23(4,25)21(29)32-17-9-7-8-16(12-17)31-14-24(26,6-2)22(30)33-18-10-11-19(15(3)27)20(28)13-18/h7-13,28H,5-6,14H2,1-4H3. The Kier molecular flexibility index (Phi) is 9.53. The molecule has 0 spiro atoms. The van der Waals surface area contributed by atoms with Crippen LogP contribution in [0.15, 0.2) is 42.5 Å². The number of carbonyl (C=O) groups excluding carboxylic acids is 3. The number of benzene rings is 2. The molecule has 2 aromatic carbocycles. The number of halogens is 2. The molecular weight excluding hydrogens is 654 g/mol. The average molecular weight is 680 g/mol. The van der Waals surface area contributed by atoms with Gasteiger partial charge in [-0.1, -0.05) is 65.1 Å². The fraction of sp³-hybridized carbons (Fsp3) is 0.375. The highest BCUT2D eigenvalue weighted by Gasteiger charge is 2.37. The second-order valence-electron chi connectivity index (χ2n) is 7.65. The van der Waals surface area contributed by atoms with Crippen LogP contribution in [0.1, 0.15) is 50.9 Å². The smallest absolute Gasteiger partial charge is 0.330 e. The van der Waals surface area contributed by atoms with E-state index in [1.807, 2.05) is 36.4 Å². The Bertz CT molecular complexity index is 1040. The zero-order valence-electron chi connectivity index (χ0n) is 18.8. The van der Waals surface area contributed by atoms with Crippen molar-refractivity contribution >= 4 is 62.9 Å². The number of phenolic OH excluding ortho intramolecular Hbond substituents is 1. The summed E-state index contributed by atoms with van der Waals surface area (Å²) in [5, 5.41) is 9.97. The molecule has 7 nitrogen and oxygen atoms in total. The van der Waals surface area contributed by atoms with Crippen molar-refractivity contribution in [2.24, 2.45) is 0 Å². The molecule has 0 fully saturated rings. The quantitative estimate of drug-likeness (QED) is 0.114. The molecule has 1 N–H and O–H groups in total. The molecule has 0 bridgehead atoms. The number of carbonyl (C=O) groups is 3. The van der Waals surface area contributed by atoms with Gasteiger partial charge in [0.15, 0.2) is 9.20 Å². The van der Waals surface area contributed by atoms with Crippen molar-refractivity contribution in [3.05, 3.63) is 48.0 Å². The molecule has 0 aliphatic carbocycles. The first-order valence-electron chi connectivity index (χ1n) is 10.3. The molecule has 0 aliphatic heterocycles. The third-order valence-electron chi connectivity index (χ3n) is 5.06. The van der Waals surface area contributed by atoms with E-state index in [1.165, 1.54) is 25.1 Å². The van der Waals surface area contributed by atoms with Gasteiger partial charge in [-0.2, -0.15) is 0 Å². The molecule has 0 radical (unpaired) electrons. The molecule has 2 unspecified atom stereocenters. The van der Waals surface area contributed by atoms with Crippen LogP contribution in [-0.4, -0.2) is 36.3 Å². The van der Waals surface area contributed by atoms with E-state index in [9.17, 15) is 19.5 Å². The number of esters is 2. The lowest BCUT2D eigenvalue weighted by Gasteiger charge is -2.24. The van der Waals surface area contributed by atoms with Crippen LogP contribution in [0.2, 0.25) is 0 Å². The fourth-order valence-electron chi connectivity index (χ4n) is 2.56. The van der Waals surface area contributed by atoms with E-state index in [4.69, 9.17) is 14.2 Å². The largest absolute Gasteiger partial charge is 0.507 e. The minimum atomic E-state index is -1.01. The second kappa shape index (κ2) is 11.5. The Labute approximate surface area is 220 Å². The fourth-order valence-corrected chi connectivity index (χ4v) is 2.94. The topological polar surface area (TPSA) is 99.1 Å². The summed E-state index contributed by atoms with van der Waals surface area (Å²) in [6, 6.07) is 10.8. The van der Waals surface area contributed by atoms with Crippen LogP contribution < -0.4 is 14.2 Å². The van der Waals surface area contributed by atoms with Gasteiger partial charge in [-0.3, -0.25) is 14.4 Å². The molecule has 178 valence electrons. The number of ether oxygens (including phenoxy) is 3. The van der Waals surface area contributed by atoms with Gasteiger partial charge in [0, 0.05) is 12.1 Å². The number of hydrogen-bond donors (Lipinski definition) is 1. The number of hydrogen-bond acceptors (Lipinski definition) is 7. The van der Waals surface area contributed by atoms with Gasteiger partial charge in [0.25, 0.3) is 0 Å². The van der Waals surface area contributed by atoms with Gasteiger partial charge in [0.1, 0.15) is 33.0 Å². The summed E-state index contributed by atoms with van der Waals surface area (Å²) >= 11 is 4.05. The zero-order valence-corrected chi connectivity index (χ0v) is 23.1. The van der Waals surface area contributed by atoms with Crippen molar-refractivity contribution in [2.75, 3.05) is 6.61 Å². The first kappa shape index (κ1) is 27.4. The number of ketones is 1. The first-order valence-corrected chi connectivity index (χ1v) is 12.5. The number of phenols is 1. The molecule has 9 heteroatoms. The van der Waals surface area contributed by atoms with Crippen molar-refractivity contribution in [3.8, 4) is 23.0 Å². The van der Waals surface area contributed by atoms with Gasteiger partial charge in [-0.15, -0.1) is 0 Å². The molecule has 2 rings (SSSR count). The van der Waals surface area contributed by atoms with Crippen LogP contribution in [0.25, 0.3) is 0 Å². The highest BCUT2D eigenvalue weighted by Crippen LogP contribution is 2.31. The third-order valence-corrected chi connectivity index (χ3v) is 7.78. The second-order valence-corrected chi connectivity index (χ2v) is 12.1. The van der Waals surface area contributed by atoms with Gasteiger partial charge in [0.2, 0.25) is 0 Å². The summed E-state index contributed by atoms with van der Waals surface area (Å²) in [7, 11) is 0. The maximum atomic E-state index is 12.8. The molecule has 33 heavy (non-hydrogen) atoms. The van der Waals surface area contributed by atoms with Crippen LogP contribution >= 0.6 is 45.2 Å². The Balaban J connectivity index is 2.07. The predicted octanol–water partition coefficient (Wildman–Crippen LogP) is 5.67. The number of aromatic hydroxyl groups is 1. The minimum Gasteiger partial charge on any atom is -0.507 e. The Morgan fingerprint density at radius 3 is 2.09 bits per heavy atom. The van der Waals surface area contributed by atoms with E-state index in [0.29, 0.717) is 24.3 Å². The van der Waals surface area contributed by atoms with Crippen LogP contribution in [0, 0.1) is 0 Å². The lowest BCUT2D eigenvalue weighted by molar-refractivity contribution is -0.137. The van der Waals surface area contributed by atoms with Crippen LogP contribution in [-0.2, 0) is 9.59 Å². The molecule has 0 saturated carbocycles. The lowest BCUT2D eigenvalue weighted by atomic mass is 10.1. The molecular formula is C24H26I2O7. The Hall–Kier alpha value is -1.89. The first-order chi connectivity index (χ1) is 15.4. The van der Waals surface area contributed by atoms with Crippen molar-refractivity contribution in [3.63, 3.8) is 0 Å². The van der Waals surface area contributed by atoms with E-state index in [0.717, 1.165) is 0 Å². The summed E-state index contributed by atoms with van der Waals surface area (Å²) in [5.41, 5.74) is 0.150. The summed E-state index contributed by atoms with van der Waals surface area (Å²) in [6.45, 7) is 6.90. The van der Waals surface area contributed by atoms with Crippen LogP contribution in [0.3, 0.4) is 0 Å². The van der Waals surface area contributed by atoms with Gasteiger partial charge in [0.05, 0.1) is 5.56 Å². The SMILES string of the molecule is CCC(C)(I)C(=O)Oc1cccc(OCC(I)(CC)C(=O)Oc2ccc(C(C)=O)c(O)c2)c1. The van der Waals surface area contributed by atoms with E-state index in [2.05, 4.69) is 22.6 Å². The third kappa shape index (κ3) is 7.29. The summed E-state index contributed by atoms with van der Waals surface area (Å²) in [5.74, 6) is -0.513. The molecule has 0 aliphatic rings. The Morgan fingerprint density at radius 2 is 1.52 bits per heavy atom. The normalized spacial score (nSPS) is 14.5. The summed E-state index contributed by atoms with van der Waals surface area (Å²) in [6.07, 6.45) is 1.05. The lowest BCUT2D eigenvalue weighted by Crippen LogP contribution is -2.40. The van der Waals surface area contributed by atoms with Gasteiger partial charge in [-0.25, -0.2) is 0 Å². The average Bonchev–Trinajstić information content (AvgIpc) is 2.77. The van der Waals surface area contributed by atoms with Gasteiger partial charge >= 0.3 is 11.9 Å². The van der Waals surface area contributed by atoms with Gasteiger partial charge in [-0.05, 0) is 51.0 Å². The highest BCUT2D eigenvalue weighted by atomic mass is 127.